The Kier molecular flexibility index (Phi) is 63.7. The van der Waals surface area contributed by atoms with E-state index < -0.39 is 6.10 Å². The van der Waals surface area contributed by atoms with E-state index in [0.29, 0.717) is 19.3 Å². The second kappa shape index (κ2) is 66.4. The molecular weight excluding hydrogens is 961 g/mol. The summed E-state index contributed by atoms with van der Waals surface area (Å²) in [4.78, 5) is 38.3. The summed E-state index contributed by atoms with van der Waals surface area (Å²) in [6.45, 7) is 6.60. The number of unbranched alkanes of at least 4 members (excludes halogenated alkanes) is 39. The van der Waals surface area contributed by atoms with E-state index in [1.54, 1.807) is 0 Å². The molecule has 0 bridgehead atoms. The summed E-state index contributed by atoms with van der Waals surface area (Å²) < 4.78 is 16.9. The molecule has 0 fully saturated rings. The van der Waals surface area contributed by atoms with Crippen LogP contribution in [0.5, 0.6) is 0 Å². The molecule has 6 nitrogen and oxygen atoms in total. The van der Waals surface area contributed by atoms with Gasteiger partial charge in [-0.2, -0.15) is 0 Å². The minimum Gasteiger partial charge on any atom is -0.462 e. The molecule has 0 aromatic carbocycles. The van der Waals surface area contributed by atoms with Crippen LogP contribution in [0.3, 0.4) is 0 Å². The van der Waals surface area contributed by atoms with Crippen LogP contribution < -0.4 is 0 Å². The Bertz CT molecular complexity index is 1440. The molecule has 0 radical (unpaired) electrons. The number of carbonyl (C=O) groups excluding carboxylic acids is 3. The number of carbonyl (C=O) groups is 3. The van der Waals surface area contributed by atoms with Crippen molar-refractivity contribution in [3.05, 3.63) is 72.9 Å². The van der Waals surface area contributed by atoms with Gasteiger partial charge in [-0.05, 0) is 116 Å². The SMILES string of the molecule is CCCCC/C=C\C/C=C\CCCCCCCCCC(=O)OC(COC(=O)CCCCCCC/C=C\CCCCC)COC(=O)CCCCCCCCCCCCCCCCCC/C=C\C/C=C\C/C=C\CCCCCCC. The van der Waals surface area contributed by atoms with Gasteiger partial charge in [0.15, 0.2) is 6.10 Å². The predicted octanol–water partition coefficient (Wildman–Crippen LogP) is 23.3. The number of hydrogen-bond donors (Lipinski definition) is 0. The molecule has 0 N–H and O–H groups in total. The molecule has 6 heteroatoms. The molecule has 1 unspecified atom stereocenters. The molecular formula is C72H128O6. The maximum Gasteiger partial charge on any atom is 0.306 e. The number of hydrogen-bond acceptors (Lipinski definition) is 6. The molecule has 0 aliphatic heterocycles. The van der Waals surface area contributed by atoms with Gasteiger partial charge in [0, 0.05) is 19.3 Å². The fourth-order valence-corrected chi connectivity index (χ4v) is 9.77. The summed E-state index contributed by atoms with van der Waals surface area (Å²) >= 11 is 0. The van der Waals surface area contributed by atoms with Gasteiger partial charge in [-0.25, -0.2) is 0 Å². The van der Waals surface area contributed by atoms with Crippen molar-refractivity contribution in [1.82, 2.24) is 0 Å². The van der Waals surface area contributed by atoms with Gasteiger partial charge in [0.25, 0.3) is 0 Å². The number of rotatable bonds is 62. The molecule has 452 valence electrons. The molecule has 0 aliphatic rings. The molecule has 0 rings (SSSR count). The highest BCUT2D eigenvalue weighted by Gasteiger charge is 2.19. The van der Waals surface area contributed by atoms with E-state index in [1.807, 2.05) is 0 Å². The van der Waals surface area contributed by atoms with Crippen LogP contribution in [0.1, 0.15) is 348 Å². The topological polar surface area (TPSA) is 78.9 Å². The van der Waals surface area contributed by atoms with Crippen molar-refractivity contribution in [2.75, 3.05) is 13.2 Å². The van der Waals surface area contributed by atoms with Crippen molar-refractivity contribution in [1.29, 1.82) is 0 Å². The first-order valence-electron chi connectivity index (χ1n) is 33.9. The highest BCUT2D eigenvalue weighted by atomic mass is 16.6. The minimum absolute atomic E-state index is 0.0787. The predicted molar refractivity (Wildman–Crippen MR) is 339 cm³/mol. The van der Waals surface area contributed by atoms with Crippen LogP contribution in [0.2, 0.25) is 0 Å². The molecule has 0 aromatic rings. The molecule has 0 aliphatic carbocycles. The zero-order valence-electron chi connectivity index (χ0n) is 51.9. The highest BCUT2D eigenvalue weighted by molar-refractivity contribution is 5.71. The van der Waals surface area contributed by atoms with E-state index >= 15 is 0 Å². The first-order valence-corrected chi connectivity index (χ1v) is 33.9. The van der Waals surface area contributed by atoms with E-state index in [-0.39, 0.29) is 31.1 Å². The normalized spacial score (nSPS) is 12.5. The van der Waals surface area contributed by atoms with E-state index in [9.17, 15) is 14.4 Å². The third-order valence-corrected chi connectivity index (χ3v) is 14.9. The molecule has 0 amide bonds. The summed E-state index contributed by atoms with van der Waals surface area (Å²) in [5.74, 6) is -0.881. The summed E-state index contributed by atoms with van der Waals surface area (Å²) in [7, 11) is 0. The van der Waals surface area contributed by atoms with E-state index in [1.165, 1.54) is 218 Å². The van der Waals surface area contributed by atoms with Crippen molar-refractivity contribution < 1.29 is 28.6 Å². The van der Waals surface area contributed by atoms with Crippen LogP contribution in [0.25, 0.3) is 0 Å². The Morgan fingerprint density at radius 3 is 0.756 bits per heavy atom. The molecule has 0 spiro atoms. The summed E-state index contributed by atoms with van der Waals surface area (Å²) in [5, 5.41) is 0. The number of ether oxygens (including phenoxy) is 3. The van der Waals surface area contributed by atoms with Crippen LogP contribution >= 0.6 is 0 Å². The molecule has 78 heavy (non-hydrogen) atoms. The molecule has 1 atom stereocenters. The van der Waals surface area contributed by atoms with Crippen molar-refractivity contribution >= 4 is 17.9 Å². The van der Waals surface area contributed by atoms with Gasteiger partial charge in [-0.3, -0.25) is 14.4 Å². The van der Waals surface area contributed by atoms with E-state index in [4.69, 9.17) is 14.2 Å². The lowest BCUT2D eigenvalue weighted by Gasteiger charge is -2.18. The monoisotopic (exact) mass is 1090 g/mol. The number of esters is 3. The minimum atomic E-state index is -0.783. The first kappa shape index (κ1) is 74.8. The van der Waals surface area contributed by atoms with Gasteiger partial charge < -0.3 is 14.2 Å². The molecule has 0 saturated carbocycles. The zero-order chi connectivity index (χ0) is 56.4. The maximum atomic E-state index is 12.9. The van der Waals surface area contributed by atoms with Gasteiger partial charge in [0.2, 0.25) is 0 Å². The highest BCUT2D eigenvalue weighted by Crippen LogP contribution is 2.17. The standard InChI is InChI=1S/C72H128O6/c1-4-7-10-13-16-19-22-25-27-29-30-31-32-33-34-35-36-37-38-39-40-41-42-44-45-47-50-53-56-59-62-65-71(74)77-68-69(67-76-70(73)64-61-58-55-52-49-24-21-18-15-12-9-6-3)78-72(75)66-63-60-57-54-51-48-46-43-28-26-23-20-17-14-11-8-5-2/h17-18,20-22,25-26,28-30,32-33,69H,4-16,19,23-24,27,31,34-68H2,1-3H3/b20-17-,21-18-,25-22-,28-26-,30-29-,33-32-. The Hall–Kier alpha value is -3.15. The second-order valence-corrected chi connectivity index (χ2v) is 22.7. The van der Waals surface area contributed by atoms with Gasteiger partial charge in [-0.15, -0.1) is 0 Å². The third kappa shape index (κ3) is 63.7. The average molecular weight is 1090 g/mol. The smallest absolute Gasteiger partial charge is 0.306 e. The largest absolute Gasteiger partial charge is 0.462 e. The summed E-state index contributed by atoms with van der Waals surface area (Å²) in [5.41, 5.74) is 0. The molecule has 0 aromatic heterocycles. The lowest BCUT2D eigenvalue weighted by atomic mass is 10.0. The second-order valence-electron chi connectivity index (χ2n) is 22.7. The molecule has 0 saturated heterocycles. The van der Waals surface area contributed by atoms with Crippen molar-refractivity contribution in [3.8, 4) is 0 Å². The van der Waals surface area contributed by atoms with Crippen molar-refractivity contribution in [3.63, 3.8) is 0 Å². The Labute approximate surface area is 484 Å². The van der Waals surface area contributed by atoms with Gasteiger partial charge in [0.05, 0.1) is 0 Å². The zero-order valence-corrected chi connectivity index (χ0v) is 51.9. The maximum absolute atomic E-state index is 12.9. The Morgan fingerprint density at radius 1 is 0.256 bits per heavy atom. The van der Waals surface area contributed by atoms with Crippen molar-refractivity contribution in [2.24, 2.45) is 0 Å². The average Bonchev–Trinajstić information content (AvgIpc) is 3.44. The van der Waals surface area contributed by atoms with Gasteiger partial charge >= 0.3 is 17.9 Å². The van der Waals surface area contributed by atoms with Crippen LogP contribution in [0.15, 0.2) is 72.9 Å². The van der Waals surface area contributed by atoms with Gasteiger partial charge in [0.1, 0.15) is 13.2 Å². The Balaban J connectivity index is 4.18. The van der Waals surface area contributed by atoms with Gasteiger partial charge in [-0.1, -0.05) is 286 Å². The first-order chi connectivity index (χ1) is 38.5. The van der Waals surface area contributed by atoms with Crippen molar-refractivity contribution in [2.45, 2.75) is 354 Å². The van der Waals surface area contributed by atoms with Crippen LogP contribution in [-0.4, -0.2) is 37.2 Å². The Morgan fingerprint density at radius 2 is 0.462 bits per heavy atom. The van der Waals surface area contributed by atoms with E-state index in [0.717, 1.165) is 89.9 Å². The molecule has 0 heterocycles. The van der Waals surface area contributed by atoms with Crippen LogP contribution in [-0.2, 0) is 28.6 Å². The fourth-order valence-electron chi connectivity index (χ4n) is 9.77. The van der Waals surface area contributed by atoms with Crippen LogP contribution in [0.4, 0.5) is 0 Å². The lowest BCUT2D eigenvalue weighted by molar-refractivity contribution is -0.167. The van der Waals surface area contributed by atoms with Crippen LogP contribution in [0, 0.1) is 0 Å². The lowest BCUT2D eigenvalue weighted by Crippen LogP contribution is -2.30. The van der Waals surface area contributed by atoms with E-state index in [2.05, 4.69) is 93.7 Å². The summed E-state index contributed by atoms with van der Waals surface area (Å²) in [6, 6.07) is 0. The fraction of sp³-hybridized carbons (Fsp3) is 0.792. The third-order valence-electron chi connectivity index (χ3n) is 14.9. The quantitative estimate of drug-likeness (QED) is 0.0261. The summed E-state index contributed by atoms with van der Waals surface area (Å²) in [6.07, 6.45) is 86.4. The number of allylic oxidation sites excluding steroid dienone is 12.